The summed E-state index contributed by atoms with van der Waals surface area (Å²) in [7, 11) is 1.74. The normalized spacial score (nSPS) is 16.1. The minimum absolute atomic E-state index is 0.0923. The molecular formula is C19H28N4O2. The van der Waals surface area contributed by atoms with Crippen LogP contribution in [0, 0.1) is 0 Å². The Kier molecular flexibility index (Phi) is 5.94. The smallest absolute Gasteiger partial charge is 0.123 e. The van der Waals surface area contributed by atoms with Crippen molar-refractivity contribution in [1.82, 2.24) is 14.7 Å². The van der Waals surface area contributed by atoms with E-state index >= 15 is 0 Å². The molecule has 1 saturated heterocycles. The van der Waals surface area contributed by atoms with E-state index in [2.05, 4.69) is 40.4 Å². The zero-order chi connectivity index (χ0) is 17.6. The number of methoxy groups -OCH3 is 1. The molecule has 0 aliphatic carbocycles. The van der Waals surface area contributed by atoms with Crippen LogP contribution in [0.5, 0.6) is 5.75 Å². The van der Waals surface area contributed by atoms with Crippen molar-refractivity contribution in [3.05, 3.63) is 41.7 Å². The Balaban J connectivity index is 1.71. The second-order valence-corrected chi connectivity index (χ2v) is 6.64. The largest absolute Gasteiger partial charge is 0.496 e. The van der Waals surface area contributed by atoms with Gasteiger partial charge in [0.25, 0.3) is 0 Å². The summed E-state index contributed by atoms with van der Waals surface area (Å²) >= 11 is 0. The number of rotatable bonds is 8. The van der Waals surface area contributed by atoms with E-state index in [-0.39, 0.29) is 12.6 Å². The van der Waals surface area contributed by atoms with E-state index in [1.807, 2.05) is 6.20 Å². The lowest BCUT2D eigenvalue weighted by molar-refractivity contribution is 0.269. The average Bonchev–Trinajstić information content (AvgIpc) is 3.27. The van der Waals surface area contributed by atoms with E-state index in [0.717, 1.165) is 18.0 Å². The predicted molar refractivity (Wildman–Crippen MR) is 98.9 cm³/mol. The van der Waals surface area contributed by atoms with Gasteiger partial charge < -0.3 is 15.2 Å². The highest BCUT2D eigenvalue weighted by atomic mass is 16.5. The fourth-order valence-corrected chi connectivity index (χ4v) is 3.37. The number of likely N-dealkylation sites (tertiary alicyclic amines) is 1. The van der Waals surface area contributed by atoms with Crippen molar-refractivity contribution in [3.8, 4) is 5.75 Å². The average molecular weight is 344 g/mol. The van der Waals surface area contributed by atoms with Gasteiger partial charge in [0.1, 0.15) is 5.75 Å². The van der Waals surface area contributed by atoms with Gasteiger partial charge in [0, 0.05) is 24.3 Å². The molecule has 2 heterocycles. The number of hydrogen-bond donors (Lipinski definition) is 2. The zero-order valence-corrected chi connectivity index (χ0v) is 15.1. The van der Waals surface area contributed by atoms with Gasteiger partial charge in [-0.15, -0.1) is 0 Å². The first-order chi connectivity index (χ1) is 12.2. The third-order valence-corrected chi connectivity index (χ3v) is 4.74. The van der Waals surface area contributed by atoms with E-state index in [1.54, 1.807) is 18.0 Å². The highest BCUT2D eigenvalue weighted by Gasteiger charge is 2.16. The van der Waals surface area contributed by atoms with E-state index in [1.165, 1.54) is 37.1 Å². The fourth-order valence-electron chi connectivity index (χ4n) is 3.37. The fraction of sp³-hybridized carbons (Fsp3) is 0.526. The molecule has 2 N–H and O–H groups in total. The Bertz CT molecular complexity index is 680. The Labute approximate surface area is 149 Å². The van der Waals surface area contributed by atoms with Gasteiger partial charge in [-0.2, -0.15) is 5.10 Å². The van der Waals surface area contributed by atoms with Gasteiger partial charge in [-0.1, -0.05) is 6.07 Å². The number of aliphatic hydroxyl groups excluding tert-OH is 1. The first kappa shape index (κ1) is 17.8. The predicted octanol–water partition coefficient (Wildman–Crippen LogP) is 2.65. The Morgan fingerprint density at radius 3 is 2.84 bits per heavy atom. The lowest BCUT2D eigenvalue weighted by atomic mass is 10.0. The van der Waals surface area contributed by atoms with Crippen LogP contribution >= 0.6 is 0 Å². The summed E-state index contributed by atoms with van der Waals surface area (Å²) in [6.45, 7) is 6.03. The highest BCUT2D eigenvalue weighted by Crippen LogP contribution is 2.27. The maximum atomic E-state index is 8.99. The van der Waals surface area contributed by atoms with Crippen LogP contribution in [0.3, 0.4) is 0 Å². The molecule has 1 atom stereocenters. The molecule has 6 nitrogen and oxygen atoms in total. The molecule has 2 aromatic rings. The van der Waals surface area contributed by atoms with Crippen molar-refractivity contribution in [2.45, 2.75) is 38.9 Å². The van der Waals surface area contributed by atoms with Crippen molar-refractivity contribution < 1.29 is 9.84 Å². The second-order valence-electron chi connectivity index (χ2n) is 6.64. The van der Waals surface area contributed by atoms with Crippen LogP contribution in [-0.4, -0.2) is 46.6 Å². The van der Waals surface area contributed by atoms with Crippen molar-refractivity contribution in [2.24, 2.45) is 0 Å². The molecule has 1 unspecified atom stereocenters. The first-order valence-corrected chi connectivity index (χ1v) is 8.98. The first-order valence-electron chi connectivity index (χ1n) is 8.98. The summed E-state index contributed by atoms with van der Waals surface area (Å²) in [5.74, 6) is 0.957. The molecule has 25 heavy (non-hydrogen) atoms. The minimum Gasteiger partial charge on any atom is -0.496 e. The van der Waals surface area contributed by atoms with Crippen LogP contribution in [0.2, 0.25) is 0 Å². The number of hydrogen-bond acceptors (Lipinski definition) is 5. The van der Waals surface area contributed by atoms with Crippen LogP contribution in [0.25, 0.3) is 0 Å². The molecule has 1 aromatic heterocycles. The third kappa shape index (κ3) is 4.52. The maximum Gasteiger partial charge on any atom is 0.123 e. The molecule has 0 spiro atoms. The van der Waals surface area contributed by atoms with Gasteiger partial charge in [0.05, 0.1) is 32.1 Å². The van der Waals surface area contributed by atoms with E-state index in [0.29, 0.717) is 6.54 Å². The Hall–Kier alpha value is -2.05. The number of nitrogens with one attached hydrogen (secondary N) is 1. The second kappa shape index (κ2) is 8.36. The van der Waals surface area contributed by atoms with Gasteiger partial charge >= 0.3 is 0 Å². The molecule has 6 heteroatoms. The van der Waals surface area contributed by atoms with E-state index < -0.39 is 0 Å². The molecule has 1 aliphatic rings. The van der Waals surface area contributed by atoms with Crippen LogP contribution in [-0.2, 0) is 13.1 Å². The topological polar surface area (TPSA) is 62.6 Å². The van der Waals surface area contributed by atoms with Crippen molar-refractivity contribution in [1.29, 1.82) is 0 Å². The van der Waals surface area contributed by atoms with E-state index in [4.69, 9.17) is 9.84 Å². The Morgan fingerprint density at radius 2 is 2.12 bits per heavy atom. The number of nitrogens with zero attached hydrogens (tertiary/aromatic N) is 3. The van der Waals surface area contributed by atoms with Gasteiger partial charge in [-0.3, -0.25) is 9.58 Å². The molecule has 0 amide bonds. The van der Waals surface area contributed by atoms with Gasteiger partial charge in [0.15, 0.2) is 0 Å². The monoisotopic (exact) mass is 344 g/mol. The number of aliphatic hydroxyl groups is 1. The SMILES string of the molecule is COc1ccc(C(C)Nc2cnn(CCO)c2)cc1CN1CCCC1. The lowest BCUT2D eigenvalue weighted by Crippen LogP contribution is -2.19. The molecule has 0 bridgehead atoms. The summed E-state index contributed by atoms with van der Waals surface area (Å²) in [5.41, 5.74) is 3.43. The maximum absolute atomic E-state index is 8.99. The third-order valence-electron chi connectivity index (χ3n) is 4.74. The quantitative estimate of drug-likeness (QED) is 0.771. The molecule has 3 rings (SSSR count). The number of anilines is 1. The summed E-state index contributed by atoms with van der Waals surface area (Å²) in [6.07, 6.45) is 6.29. The highest BCUT2D eigenvalue weighted by molar-refractivity contribution is 5.44. The van der Waals surface area contributed by atoms with Crippen molar-refractivity contribution in [3.63, 3.8) is 0 Å². The van der Waals surface area contributed by atoms with E-state index in [9.17, 15) is 0 Å². The molecule has 0 saturated carbocycles. The van der Waals surface area contributed by atoms with Gasteiger partial charge in [-0.05, 0) is 50.6 Å². The van der Waals surface area contributed by atoms with Crippen LogP contribution in [0.15, 0.2) is 30.6 Å². The number of benzene rings is 1. The number of ether oxygens (including phenoxy) is 1. The summed E-state index contributed by atoms with van der Waals surface area (Å²) < 4.78 is 7.29. The summed E-state index contributed by atoms with van der Waals surface area (Å²) in [4.78, 5) is 2.48. The molecule has 0 radical (unpaired) electrons. The minimum atomic E-state index is 0.0923. The Morgan fingerprint density at radius 1 is 1.32 bits per heavy atom. The standard InChI is InChI=1S/C19H28N4O2/c1-15(21-18-12-20-23(14-18)9-10-24)16-5-6-19(25-2)17(11-16)13-22-7-3-4-8-22/h5-6,11-12,14-15,21,24H,3-4,7-10,13H2,1-2H3. The molecule has 1 aliphatic heterocycles. The lowest BCUT2D eigenvalue weighted by Gasteiger charge is -2.20. The van der Waals surface area contributed by atoms with Crippen LogP contribution in [0.4, 0.5) is 5.69 Å². The molecule has 136 valence electrons. The molecular weight excluding hydrogens is 316 g/mol. The van der Waals surface area contributed by atoms with Crippen LogP contribution < -0.4 is 10.1 Å². The molecule has 1 fully saturated rings. The van der Waals surface area contributed by atoms with Crippen molar-refractivity contribution in [2.75, 3.05) is 32.1 Å². The van der Waals surface area contributed by atoms with Crippen LogP contribution in [0.1, 0.15) is 36.9 Å². The summed E-state index contributed by atoms with van der Waals surface area (Å²) in [5, 5.41) is 16.7. The molecule has 1 aromatic carbocycles. The summed E-state index contributed by atoms with van der Waals surface area (Å²) in [6, 6.07) is 6.58. The number of aromatic nitrogens is 2. The zero-order valence-electron chi connectivity index (χ0n) is 15.1. The van der Waals surface area contributed by atoms with Gasteiger partial charge in [0.2, 0.25) is 0 Å². The van der Waals surface area contributed by atoms with Gasteiger partial charge in [-0.25, -0.2) is 0 Å². The van der Waals surface area contributed by atoms with Crippen molar-refractivity contribution >= 4 is 5.69 Å².